The van der Waals surface area contributed by atoms with Gasteiger partial charge < -0.3 is 10.6 Å². The van der Waals surface area contributed by atoms with Gasteiger partial charge in [0.05, 0.1) is 0 Å². The van der Waals surface area contributed by atoms with Gasteiger partial charge in [0, 0.05) is 42.2 Å². The van der Waals surface area contributed by atoms with E-state index in [0.29, 0.717) is 11.3 Å². The summed E-state index contributed by atoms with van der Waals surface area (Å²) in [6, 6.07) is 8.34. The quantitative estimate of drug-likeness (QED) is 0.770. The Morgan fingerprint density at radius 2 is 1.54 bits per heavy atom. The number of carbonyl (C=O) groups excluding carboxylic acids is 3. The highest BCUT2D eigenvalue weighted by Crippen LogP contribution is 2.19. The van der Waals surface area contributed by atoms with Crippen molar-refractivity contribution in [3.63, 3.8) is 0 Å². The van der Waals surface area contributed by atoms with Crippen LogP contribution in [0.25, 0.3) is 0 Å². The number of aromatic nitrogens is 1. The lowest BCUT2D eigenvalue weighted by Gasteiger charge is -2.09. The standard InChI is InChI=1S/C17H14F3N3O3/c18-17(19,20)16(26)23-13-5-3-12(4-6-13)22-15(25)8-7-14(24)11-2-1-9-21-10-11/h1-6,9-10H,7-8H2,(H,22,25)(H,23,26). The summed E-state index contributed by atoms with van der Waals surface area (Å²) in [7, 11) is 0. The second-order valence-corrected chi connectivity index (χ2v) is 5.24. The fourth-order valence-corrected chi connectivity index (χ4v) is 1.96. The minimum atomic E-state index is -4.98. The highest BCUT2D eigenvalue weighted by atomic mass is 19.4. The molecule has 9 heteroatoms. The van der Waals surface area contributed by atoms with E-state index in [9.17, 15) is 27.6 Å². The second-order valence-electron chi connectivity index (χ2n) is 5.24. The van der Waals surface area contributed by atoms with E-state index in [2.05, 4.69) is 10.3 Å². The number of alkyl halides is 3. The van der Waals surface area contributed by atoms with Crippen LogP contribution >= 0.6 is 0 Å². The van der Waals surface area contributed by atoms with Crippen molar-refractivity contribution in [1.29, 1.82) is 0 Å². The van der Waals surface area contributed by atoms with Gasteiger partial charge in [-0.25, -0.2) is 0 Å². The van der Waals surface area contributed by atoms with E-state index in [0.717, 1.165) is 0 Å². The van der Waals surface area contributed by atoms with Crippen LogP contribution in [0.4, 0.5) is 24.5 Å². The number of rotatable bonds is 6. The van der Waals surface area contributed by atoms with Gasteiger partial charge in [-0.15, -0.1) is 0 Å². The zero-order valence-electron chi connectivity index (χ0n) is 13.3. The molecule has 26 heavy (non-hydrogen) atoms. The van der Waals surface area contributed by atoms with Gasteiger partial charge in [0.25, 0.3) is 0 Å². The third-order valence-electron chi connectivity index (χ3n) is 3.25. The summed E-state index contributed by atoms with van der Waals surface area (Å²) in [5.74, 6) is -2.73. The Morgan fingerprint density at radius 1 is 0.923 bits per heavy atom. The first kappa shape index (κ1) is 19.1. The zero-order valence-corrected chi connectivity index (χ0v) is 13.3. The average molecular weight is 365 g/mol. The Morgan fingerprint density at radius 3 is 2.08 bits per heavy atom. The molecule has 1 heterocycles. The van der Waals surface area contributed by atoms with Gasteiger partial charge in [0.2, 0.25) is 5.91 Å². The van der Waals surface area contributed by atoms with Crippen molar-refractivity contribution < 1.29 is 27.6 Å². The Hall–Kier alpha value is -3.23. The van der Waals surface area contributed by atoms with Crippen LogP contribution in [0.3, 0.4) is 0 Å². The van der Waals surface area contributed by atoms with Crippen molar-refractivity contribution in [2.24, 2.45) is 0 Å². The number of anilines is 2. The lowest BCUT2D eigenvalue weighted by molar-refractivity contribution is -0.167. The molecule has 0 saturated carbocycles. The van der Waals surface area contributed by atoms with E-state index in [-0.39, 0.29) is 24.3 Å². The lowest BCUT2D eigenvalue weighted by Crippen LogP contribution is -2.29. The van der Waals surface area contributed by atoms with E-state index in [1.165, 1.54) is 36.7 Å². The fraction of sp³-hybridized carbons (Fsp3) is 0.176. The molecule has 0 aliphatic rings. The maximum absolute atomic E-state index is 12.2. The summed E-state index contributed by atoms with van der Waals surface area (Å²) in [6.45, 7) is 0. The Bertz CT molecular complexity index is 790. The second kappa shape index (κ2) is 8.24. The van der Waals surface area contributed by atoms with Gasteiger partial charge in [-0.05, 0) is 36.4 Å². The van der Waals surface area contributed by atoms with Crippen molar-refractivity contribution in [2.75, 3.05) is 10.6 Å². The monoisotopic (exact) mass is 365 g/mol. The summed E-state index contributed by atoms with van der Waals surface area (Å²) in [6.07, 6.45) is -2.09. The Kier molecular flexibility index (Phi) is 6.05. The predicted molar refractivity (Wildman–Crippen MR) is 87.6 cm³/mol. The van der Waals surface area contributed by atoms with Crippen LogP contribution in [-0.2, 0) is 9.59 Å². The molecule has 0 saturated heterocycles. The zero-order chi connectivity index (χ0) is 19.2. The number of nitrogens with one attached hydrogen (secondary N) is 2. The minimum Gasteiger partial charge on any atom is -0.326 e. The Labute approximate surface area is 146 Å². The first-order valence-electron chi connectivity index (χ1n) is 7.47. The SMILES string of the molecule is O=C(CCC(=O)c1cccnc1)Nc1ccc(NC(=O)C(F)(F)F)cc1. The number of amides is 2. The number of carbonyl (C=O) groups is 3. The first-order valence-corrected chi connectivity index (χ1v) is 7.47. The highest BCUT2D eigenvalue weighted by Gasteiger charge is 2.38. The number of pyridine rings is 1. The number of benzene rings is 1. The molecule has 0 unspecified atom stereocenters. The molecule has 0 fully saturated rings. The molecule has 2 N–H and O–H groups in total. The molecule has 0 radical (unpaired) electrons. The first-order chi connectivity index (χ1) is 12.3. The third kappa shape index (κ3) is 5.69. The maximum Gasteiger partial charge on any atom is 0.471 e. The molecule has 6 nitrogen and oxygen atoms in total. The lowest BCUT2D eigenvalue weighted by atomic mass is 10.1. The van der Waals surface area contributed by atoms with Gasteiger partial charge in [-0.1, -0.05) is 0 Å². The maximum atomic E-state index is 12.2. The van der Waals surface area contributed by atoms with Crippen LogP contribution in [0.2, 0.25) is 0 Å². The molecule has 1 aromatic heterocycles. The number of ketones is 1. The molecule has 0 aliphatic heterocycles. The van der Waals surface area contributed by atoms with E-state index >= 15 is 0 Å². The Balaban J connectivity index is 1.84. The van der Waals surface area contributed by atoms with Crippen LogP contribution in [0.1, 0.15) is 23.2 Å². The van der Waals surface area contributed by atoms with Gasteiger partial charge in [-0.3, -0.25) is 19.4 Å². The summed E-state index contributed by atoms with van der Waals surface area (Å²) >= 11 is 0. The molecule has 136 valence electrons. The molecule has 2 amide bonds. The van der Waals surface area contributed by atoms with Crippen molar-refractivity contribution in [3.05, 3.63) is 54.4 Å². The molecule has 0 aliphatic carbocycles. The molecular weight excluding hydrogens is 351 g/mol. The van der Waals surface area contributed by atoms with E-state index in [1.807, 2.05) is 0 Å². The van der Waals surface area contributed by atoms with E-state index in [1.54, 1.807) is 17.4 Å². The summed E-state index contributed by atoms with van der Waals surface area (Å²) in [4.78, 5) is 38.4. The van der Waals surface area contributed by atoms with Crippen LogP contribution < -0.4 is 10.6 Å². The van der Waals surface area contributed by atoms with Gasteiger partial charge >= 0.3 is 12.1 Å². The van der Waals surface area contributed by atoms with Crippen LogP contribution in [0, 0.1) is 0 Å². The number of hydrogen-bond donors (Lipinski definition) is 2. The number of Topliss-reactive ketones (excluding diaryl/α,β-unsaturated/α-hetero) is 1. The van der Waals surface area contributed by atoms with E-state index < -0.39 is 18.0 Å². The third-order valence-corrected chi connectivity index (χ3v) is 3.25. The van der Waals surface area contributed by atoms with Crippen molar-refractivity contribution >= 4 is 29.0 Å². The molecule has 0 atom stereocenters. The van der Waals surface area contributed by atoms with Crippen LogP contribution in [0.5, 0.6) is 0 Å². The molecule has 2 aromatic rings. The molecule has 2 rings (SSSR count). The summed E-state index contributed by atoms with van der Waals surface area (Å²) in [5.41, 5.74) is 0.677. The van der Waals surface area contributed by atoms with Crippen LogP contribution in [-0.4, -0.2) is 28.8 Å². The largest absolute Gasteiger partial charge is 0.471 e. The minimum absolute atomic E-state index is 0.00273. The van der Waals surface area contributed by atoms with Crippen molar-refractivity contribution in [2.45, 2.75) is 19.0 Å². The number of nitrogens with zero attached hydrogens (tertiary/aromatic N) is 1. The van der Waals surface area contributed by atoms with Gasteiger partial charge in [-0.2, -0.15) is 13.2 Å². The molecular formula is C17H14F3N3O3. The van der Waals surface area contributed by atoms with Gasteiger partial charge in [0.15, 0.2) is 5.78 Å². The molecule has 1 aromatic carbocycles. The van der Waals surface area contributed by atoms with E-state index in [4.69, 9.17) is 0 Å². The fourth-order valence-electron chi connectivity index (χ4n) is 1.96. The normalized spacial score (nSPS) is 10.9. The summed E-state index contributed by atoms with van der Waals surface area (Å²) in [5, 5.41) is 4.21. The summed E-state index contributed by atoms with van der Waals surface area (Å²) < 4.78 is 36.5. The van der Waals surface area contributed by atoms with Crippen molar-refractivity contribution in [1.82, 2.24) is 4.98 Å². The molecule has 0 bridgehead atoms. The van der Waals surface area contributed by atoms with Gasteiger partial charge in [0.1, 0.15) is 0 Å². The molecule has 0 spiro atoms. The average Bonchev–Trinajstić information content (AvgIpc) is 2.61. The topological polar surface area (TPSA) is 88.2 Å². The highest BCUT2D eigenvalue weighted by molar-refractivity contribution is 6.00. The number of hydrogen-bond acceptors (Lipinski definition) is 4. The van der Waals surface area contributed by atoms with Crippen LogP contribution in [0.15, 0.2) is 48.8 Å². The van der Waals surface area contributed by atoms with Crippen molar-refractivity contribution in [3.8, 4) is 0 Å². The smallest absolute Gasteiger partial charge is 0.326 e. The predicted octanol–water partition coefficient (Wildman–Crippen LogP) is 3.18. The number of halogens is 3.